The van der Waals surface area contributed by atoms with Gasteiger partial charge in [0, 0.05) is 24.5 Å². The third-order valence-corrected chi connectivity index (χ3v) is 6.05. The van der Waals surface area contributed by atoms with Gasteiger partial charge in [0.2, 0.25) is 0 Å². The van der Waals surface area contributed by atoms with Crippen LogP contribution in [0.3, 0.4) is 0 Å². The van der Waals surface area contributed by atoms with E-state index in [-0.39, 0.29) is 23.4 Å². The van der Waals surface area contributed by atoms with Gasteiger partial charge in [-0.25, -0.2) is 4.39 Å². The highest BCUT2D eigenvalue weighted by atomic mass is 19.4. The SMILES string of the molecule is C[C@@H]1CCCN(C(=O)c2cc(F)ccc2-n2nccn2)[C@@H]1CCc1ccc(C(F)(F)F)cn1. The minimum atomic E-state index is -4.43. The summed E-state index contributed by atoms with van der Waals surface area (Å²) in [5.41, 5.74) is 0.283. The average Bonchev–Trinajstić information content (AvgIpc) is 3.32. The highest BCUT2D eigenvalue weighted by Crippen LogP contribution is 2.31. The van der Waals surface area contributed by atoms with E-state index in [2.05, 4.69) is 15.2 Å². The number of likely N-dealkylation sites (tertiary alicyclic amines) is 1. The summed E-state index contributed by atoms with van der Waals surface area (Å²) in [4.78, 5) is 20.5. The van der Waals surface area contributed by atoms with Crippen molar-refractivity contribution in [3.63, 3.8) is 0 Å². The number of hydrogen-bond donors (Lipinski definition) is 0. The van der Waals surface area contributed by atoms with Crippen molar-refractivity contribution in [2.24, 2.45) is 5.92 Å². The first-order valence-electron chi connectivity index (χ1n) is 10.7. The van der Waals surface area contributed by atoms with Crippen LogP contribution in [-0.4, -0.2) is 43.4 Å². The zero-order chi connectivity index (χ0) is 23.6. The fourth-order valence-electron chi connectivity index (χ4n) is 4.33. The number of alkyl halides is 3. The number of piperidine rings is 1. The van der Waals surface area contributed by atoms with Crippen molar-refractivity contribution in [3.8, 4) is 5.69 Å². The second-order valence-electron chi connectivity index (χ2n) is 8.24. The number of hydrogen-bond acceptors (Lipinski definition) is 4. The Morgan fingerprint density at radius 1 is 1.15 bits per heavy atom. The molecule has 174 valence electrons. The van der Waals surface area contributed by atoms with E-state index in [1.54, 1.807) is 4.90 Å². The molecular formula is C23H23F4N5O. The van der Waals surface area contributed by atoms with Gasteiger partial charge in [-0.1, -0.05) is 6.92 Å². The molecule has 0 N–H and O–H groups in total. The number of amides is 1. The smallest absolute Gasteiger partial charge is 0.335 e. The van der Waals surface area contributed by atoms with Crippen molar-refractivity contribution in [2.45, 2.75) is 44.8 Å². The van der Waals surface area contributed by atoms with E-state index in [4.69, 9.17) is 0 Å². The Bertz CT molecular complexity index is 1100. The maximum absolute atomic E-state index is 14.1. The summed E-state index contributed by atoms with van der Waals surface area (Å²) in [7, 11) is 0. The molecule has 2 aromatic heterocycles. The first-order chi connectivity index (χ1) is 15.7. The average molecular weight is 461 g/mol. The van der Waals surface area contributed by atoms with Gasteiger partial charge in [-0.2, -0.15) is 28.2 Å². The molecule has 0 radical (unpaired) electrons. The van der Waals surface area contributed by atoms with Crippen molar-refractivity contribution in [3.05, 3.63) is 71.6 Å². The van der Waals surface area contributed by atoms with Crippen LogP contribution in [0.4, 0.5) is 17.6 Å². The van der Waals surface area contributed by atoms with Gasteiger partial charge in [-0.3, -0.25) is 9.78 Å². The number of aromatic nitrogens is 4. The summed E-state index contributed by atoms with van der Waals surface area (Å²) >= 11 is 0. The standard InChI is InChI=1S/C23H23F4N5O/c1-15-3-2-12-31(20(15)9-7-18-6-4-16(14-28-18)23(25,26)27)22(33)19-13-17(24)5-8-21(19)32-29-10-11-30-32/h4-6,8,10-11,13-15,20H,2-3,7,9,12H2,1H3/t15-,20-/m1/s1. The molecule has 3 aromatic rings. The fourth-order valence-corrected chi connectivity index (χ4v) is 4.33. The molecular weight excluding hydrogens is 438 g/mol. The largest absolute Gasteiger partial charge is 0.417 e. The minimum Gasteiger partial charge on any atom is -0.335 e. The first kappa shape index (κ1) is 22.9. The zero-order valence-corrected chi connectivity index (χ0v) is 18.0. The van der Waals surface area contributed by atoms with Crippen molar-refractivity contribution >= 4 is 5.91 Å². The van der Waals surface area contributed by atoms with Gasteiger partial charge in [0.15, 0.2) is 0 Å². The lowest BCUT2D eigenvalue weighted by atomic mass is 9.86. The van der Waals surface area contributed by atoms with Crippen LogP contribution in [0.5, 0.6) is 0 Å². The lowest BCUT2D eigenvalue weighted by Gasteiger charge is -2.40. The lowest BCUT2D eigenvalue weighted by molar-refractivity contribution is -0.137. The fraction of sp³-hybridized carbons (Fsp3) is 0.391. The number of halogens is 4. The Morgan fingerprint density at radius 2 is 1.91 bits per heavy atom. The first-order valence-corrected chi connectivity index (χ1v) is 10.7. The molecule has 1 aromatic carbocycles. The number of benzene rings is 1. The molecule has 0 saturated carbocycles. The Labute approximate surface area is 188 Å². The molecule has 1 fully saturated rings. The molecule has 1 aliphatic rings. The summed E-state index contributed by atoms with van der Waals surface area (Å²) in [6, 6.07) is 6.15. The van der Waals surface area contributed by atoms with Crippen molar-refractivity contribution in [2.75, 3.05) is 6.54 Å². The molecule has 0 unspecified atom stereocenters. The minimum absolute atomic E-state index is 0.156. The summed E-state index contributed by atoms with van der Waals surface area (Å²) < 4.78 is 52.4. The third kappa shape index (κ3) is 5.04. The van der Waals surface area contributed by atoms with Gasteiger partial charge in [0.05, 0.1) is 29.2 Å². The molecule has 10 heteroatoms. The maximum atomic E-state index is 14.1. The van der Waals surface area contributed by atoms with Crippen molar-refractivity contribution in [1.29, 1.82) is 0 Å². The number of rotatable bonds is 5. The van der Waals surface area contributed by atoms with E-state index in [9.17, 15) is 22.4 Å². The molecule has 0 spiro atoms. The number of carbonyl (C=O) groups excluding carboxylic acids is 1. The zero-order valence-electron chi connectivity index (χ0n) is 18.0. The number of pyridine rings is 1. The van der Waals surface area contributed by atoms with Gasteiger partial charge < -0.3 is 4.90 Å². The molecule has 3 heterocycles. The second-order valence-corrected chi connectivity index (χ2v) is 8.24. The monoisotopic (exact) mass is 461 g/mol. The van der Waals surface area contributed by atoms with E-state index in [1.165, 1.54) is 41.5 Å². The lowest BCUT2D eigenvalue weighted by Crippen LogP contribution is -2.48. The van der Waals surface area contributed by atoms with Crippen LogP contribution in [0, 0.1) is 11.7 Å². The molecule has 2 atom stereocenters. The van der Waals surface area contributed by atoms with Crippen LogP contribution in [0.15, 0.2) is 48.9 Å². The Balaban J connectivity index is 1.55. The van der Waals surface area contributed by atoms with Gasteiger partial charge in [-0.15, -0.1) is 0 Å². The van der Waals surface area contributed by atoms with Crippen molar-refractivity contribution < 1.29 is 22.4 Å². The predicted molar refractivity (Wildman–Crippen MR) is 112 cm³/mol. The van der Waals surface area contributed by atoms with E-state index in [1.807, 2.05) is 6.92 Å². The van der Waals surface area contributed by atoms with Crippen LogP contribution in [-0.2, 0) is 12.6 Å². The molecule has 0 bridgehead atoms. The summed E-state index contributed by atoms with van der Waals surface area (Å²) in [5, 5.41) is 8.13. The van der Waals surface area contributed by atoms with Crippen LogP contribution in [0.2, 0.25) is 0 Å². The molecule has 0 aliphatic carbocycles. The number of nitrogens with zero attached hydrogens (tertiary/aromatic N) is 5. The van der Waals surface area contributed by atoms with Gasteiger partial charge >= 0.3 is 6.18 Å². The van der Waals surface area contributed by atoms with Crippen LogP contribution < -0.4 is 0 Å². The maximum Gasteiger partial charge on any atom is 0.417 e. The highest BCUT2D eigenvalue weighted by molar-refractivity contribution is 5.98. The Hall–Kier alpha value is -3.30. The number of carbonyl (C=O) groups is 1. The third-order valence-electron chi connectivity index (χ3n) is 6.05. The molecule has 4 rings (SSSR count). The molecule has 1 amide bonds. The number of aryl methyl sites for hydroxylation is 1. The van der Waals surface area contributed by atoms with Crippen molar-refractivity contribution in [1.82, 2.24) is 24.9 Å². The molecule has 1 saturated heterocycles. The van der Waals surface area contributed by atoms with Crippen LogP contribution in [0.25, 0.3) is 5.69 Å². The van der Waals surface area contributed by atoms with Gasteiger partial charge in [0.25, 0.3) is 5.91 Å². The van der Waals surface area contributed by atoms with Gasteiger partial charge in [-0.05, 0) is 61.9 Å². The van der Waals surface area contributed by atoms with Crippen LogP contribution >= 0.6 is 0 Å². The summed E-state index contributed by atoms with van der Waals surface area (Å²) in [6.07, 6.45) is 2.04. The molecule has 6 nitrogen and oxygen atoms in total. The van der Waals surface area contributed by atoms with E-state index in [0.29, 0.717) is 30.8 Å². The quantitative estimate of drug-likeness (QED) is 0.517. The highest BCUT2D eigenvalue weighted by Gasteiger charge is 2.34. The summed E-state index contributed by atoms with van der Waals surface area (Å²) in [5.74, 6) is -0.680. The van der Waals surface area contributed by atoms with E-state index < -0.39 is 17.6 Å². The molecule has 33 heavy (non-hydrogen) atoms. The molecule has 1 aliphatic heterocycles. The Morgan fingerprint density at radius 3 is 2.58 bits per heavy atom. The second kappa shape index (κ2) is 9.29. The van der Waals surface area contributed by atoms with E-state index >= 15 is 0 Å². The summed E-state index contributed by atoms with van der Waals surface area (Å²) in [6.45, 7) is 2.56. The topological polar surface area (TPSA) is 63.9 Å². The Kier molecular flexibility index (Phi) is 6.44. The normalized spacial score (nSPS) is 19.0. The van der Waals surface area contributed by atoms with E-state index in [0.717, 1.165) is 25.1 Å². The van der Waals surface area contributed by atoms with Gasteiger partial charge in [0.1, 0.15) is 5.82 Å². The predicted octanol–water partition coefficient (Wildman–Crippen LogP) is 4.69. The van der Waals surface area contributed by atoms with Crippen LogP contribution in [0.1, 0.15) is 47.8 Å².